The summed E-state index contributed by atoms with van der Waals surface area (Å²) in [4.78, 5) is 9.78. The third-order valence-corrected chi connectivity index (χ3v) is 0.884. The molecular formula is C7H8Br2CoO-2. The van der Waals surface area contributed by atoms with Crippen LogP contribution < -0.4 is 0 Å². The van der Waals surface area contributed by atoms with Gasteiger partial charge in [-0.05, 0) is 0 Å². The Labute approximate surface area is 87.8 Å². The van der Waals surface area contributed by atoms with Crippen LogP contribution in [0.1, 0.15) is 0 Å². The Hall–Kier alpha value is 0.616. The van der Waals surface area contributed by atoms with E-state index < -0.39 is 0 Å². The summed E-state index contributed by atoms with van der Waals surface area (Å²) in [5.41, 5.74) is 0. The molecule has 0 bridgehead atoms. The van der Waals surface area contributed by atoms with Crippen LogP contribution in [0.4, 0.5) is 0 Å². The van der Waals surface area contributed by atoms with Crippen LogP contribution in [-0.2, 0) is 15.9 Å². The van der Waals surface area contributed by atoms with Crippen molar-refractivity contribution in [3.63, 3.8) is 0 Å². The molecule has 11 heavy (non-hydrogen) atoms. The van der Waals surface area contributed by atoms with Crippen LogP contribution >= 0.6 is 28.3 Å². The first-order valence-corrected chi connectivity index (χ1v) is 7.56. The Morgan fingerprint density at radius 1 is 1.27 bits per heavy atom. The second-order valence-corrected chi connectivity index (χ2v) is 6.71. The molecular weight excluding hydrogens is 319 g/mol. The van der Waals surface area contributed by atoms with Crippen molar-refractivity contribution in [3.8, 4) is 0 Å². The van der Waals surface area contributed by atoms with Gasteiger partial charge in [-0.15, -0.1) is 18.1 Å². The van der Waals surface area contributed by atoms with Gasteiger partial charge in [-0.1, -0.05) is 12.2 Å². The summed E-state index contributed by atoms with van der Waals surface area (Å²) in [5.74, 6) is -0.0694. The second-order valence-electron chi connectivity index (χ2n) is 1.46. The van der Waals surface area contributed by atoms with Gasteiger partial charge in [0, 0.05) is 0 Å². The average molecular weight is 327 g/mol. The Kier molecular flexibility index (Phi) is 13.7. The van der Waals surface area contributed by atoms with Crippen LogP contribution in [0.15, 0.2) is 24.3 Å². The molecule has 1 aliphatic rings. The average Bonchev–Trinajstić information content (AvgIpc) is 2.39. The second kappa shape index (κ2) is 10.6. The van der Waals surface area contributed by atoms with Gasteiger partial charge >= 0.3 is 39.5 Å². The zero-order valence-corrected chi connectivity index (χ0v) is 10.1. The monoisotopic (exact) mass is 325 g/mol. The smallest absolute Gasteiger partial charge is 0.358 e. The third-order valence-electron chi connectivity index (χ3n) is 0.884. The quantitative estimate of drug-likeness (QED) is 0.677. The van der Waals surface area contributed by atoms with Gasteiger partial charge in [0.2, 0.25) is 0 Å². The number of allylic oxidation sites excluding steroid dienone is 4. The number of hydrogen-bond acceptors (Lipinski definition) is 1. The van der Waals surface area contributed by atoms with Crippen molar-refractivity contribution in [2.75, 3.05) is 0 Å². The Bertz CT molecular complexity index is 133. The molecule has 1 nitrogen and oxygen atoms in total. The summed E-state index contributed by atoms with van der Waals surface area (Å²) in [5, 5.41) is 0. The molecule has 0 aromatic carbocycles. The van der Waals surface area contributed by atoms with Crippen molar-refractivity contribution in [3.05, 3.63) is 31.7 Å². The van der Waals surface area contributed by atoms with E-state index in [1.54, 1.807) is 12.2 Å². The SMILES string of the molecule is O=[C-]C1C=CC=C1.[Br][Co][Br].[CH3-]. The van der Waals surface area contributed by atoms with E-state index in [1.807, 2.05) is 18.4 Å². The minimum atomic E-state index is -0.0694. The van der Waals surface area contributed by atoms with Gasteiger partial charge < -0.3 is 12.2 Å². The van der Waals surface area contributed by atoms with Gasteiger partial charge in [0.05, 0.1) is 0 Å². The van der Waals surface area contributed by atoms with Crippen LogP contribution in [0, 0.1) is 13.3 Å². The summed E-state index contributed by atoms with van der Waals surface area (Å²) < 4.78 is 0. The van der Waals surface area contributed by atoms with Crippen molar-refractivity contribution >= 4 is 34.6 Å². The molecule has 0 saturated carbocycles. The van der Waals surface area contributed by atoms with Gasteiger partial charge in [-0.25, -0.2) is 0 Å². The molecule has 0 atom stereocenters. The van der Waals surface area contributed by atoms with E-state index in [0.29, 0.717) is 0 Å². The van der Waals surface area contributed by atoms with Crippen LogP contribution in [0.2, 0.25) is 0 Å². The zero-order valence-electron chi connectivity index (χ0n) is 5.88. The van der Waals surface area contributed by atoms with E-state index in [-0.39, 0.29) is 13.3 Å². The molecule has 0 aliphatic heterocycles. The van der Waals surface area contributed by atoms with Gasteiger partial charge in [0.1, 0.15) is 0 Å². The molecule has 0 N–H and O–H groups in total. The summed E-state index contributed by atoms with van der Waals surface area (Å²) >= 11 is 7.12. The fraction of sp³-hybridized carbons (Fsp3) is 0.143. The first-order valence-electron chi connectivity index (χ1n) is 2.41. The normalized spacial score (nSPS) is 13.6. The molecule has 0 unspecified atom stereocenters. The maximum absolute atomic E-state index is 9.78. The van der Waals surface area contributed by atoms with E-state index >= 15 is 0 Å². The van der Waals surface area contributed by atoms with Crippen molar-refractivity contribution in [2.24, 2.45) is 5.92 Å². The number of rotatable bonds is 1. The molecule has 0 amide bonds. The maximum Gasteiger partial charge on any atom is -0.358 e. The van der Waals surface area contributed by atoms with Crippen LogP contribution in [0.25, 0.3) is 0 Å². The van der Waals surface area contributed by atoms with E-state index in [1.165, 1.54) is 0 Å². The van der Waals surface area contributed by atoms with Crippen LogP contribution in [0.3, 0.4) is 0 Å². The van der Waals surface area contributed by atoms with Crippen molar-refractivity contribution in [2.45, 2.75) is 0 Å². The van der Waals surface area contributed by atoms with Crippen LogP contribution in [-0.4, -0.2) is 6.29 Å². The maximum atomic E-state index is 9.78. The predicted molar refractivity (Wildman–Crippen MR) is 51.7 cm³/mol. The fourth-order valence-electron chi connectivity index (χ4n) is 0.510. The van der Waals surface area contributed by atoms with Gasteiger partial charge in [0.25, 0.3) is 0 Å². The first kappa shape index (κ1) is 14.2. The predicted octanol–water partition coefficient (Wildman–Crippen LogP) is 2.98. The minimum Gasteiger partial charge on any atom is -0.358 e. The molecule has 0 aromatic rings. The van der Waals surface area contributed by atoms with Gasteiger partial charge in [-0.3, -0.25) is 6.29 Å². The summed E-state index contributed by atoms with van der Waals surface area (Å²) in [7, 11) is 0. The van der Waals surface area contributed by atoms with Gasteiger partial charge in [-0.2, -0.15) is 0 Å². The third kappa shape index (κ3) is 8.52. The molecule has 1 rings (SSSR count). The van der Waals surface area contributed by atoms with Crippen molar-refractivity contribution < 1.29 is 15.9 Å². The molecule has 1 aliphatic carbocycles. The van der Waals surface area contributed by atoms with Crippen molar-refractivity contribution in [1.82, 2.24) is 0 Å². The van der Waals surface area contributed by atoms with Crippen molar-refractivity contribution in [1.29, 1.82) is 0 Å². The standard InChI is InChI=1S/C6H5O.CH3.2BrH.Co/c7-5-6-3-1-2-4-6;;;;/h1-4,6H;1H3;2*1H;/q2*-1;;;+2/p-2. The molecule has 0 spiro atoms. The number of halogens is 2. The van der Waals surface area contributed by atoms with E-state index in [0.717, 1.165) is 11.1 Å². The summed E-state index contributed by atoms with van der Waals surface area (Å²) in [6.45, 7) is 0. The topological polar surface area (TPSA) is 17.1 Å². The largest absolute Gasteiger partial charge is 0.358 e. The number of hydrogen-bond donors (Lipinski definition) is 0. The van der Waals surface area contributed by atoms with E-state index in [9.17, 15) is 4.79 Å². The molecule has 0 saturated heterocycles. The summed E-state index contributed by atoms with van der Waals surface area (Å²) in [6, 6.07) is 0. The Morgan fingerprint density at radius 2 is 1.64 bits per heavy atom. The Morgan fingerprint density at radius 3 is 1.82 bits per heavy atom. The van der Waals surface area contributed by atoms with E-state index in [2.05, 4.69) is 28.3 Å². The fourth-order valence-corrected chi connectivity index (χ4v) is 0.510. The first-order chi connectivity index (χ1) is 4.85. The minimum absolute atomic E-state index is 0. The van der Waals surface area contributed by atoms with Gasteiger partial charge in [0.15, 0.2) is 0 Å². The molecule has 0 heterocycles. The number of carbonyl (C=O) groups excluding carboxylic acids is 1. The molecule has 0 fully saturated rings. The molecule has 4 heteroatoms. The van der Waals surface area contributed by atoms with Crippen LogP contribution in [0.5, 0.6) is 0 Å². The molecule has 0 radical (unpaired) electrons. The summed E-state index contributed by atoms with van der Waals surface area (Å²) in [6.07, 6.45) is 9.12. The Balaban J connectivity index is 0. The van der Waals surface area contributed by atoms with E-state index in [4.69, 9.17) is 0 Å². The molecule has 0 aromatic heterocycles. The molecule has 67 valence electrons. The zero-order chi connectivity index (χ0) is 7.82.